The first-order valence-electron chi connectivity index (χ1n) is 7.17. The second-order valence-electron chi connectivity index (χ2n) is 5.53. The molecule has 0 unspecified atom stereocenters. The van der Waals surface area contributed by atoms with Gasteiger partial charge >= 0.3 is 5.69 Å². The number of fused-ring (bicyclic) bond motifs is 2. The van der Waals surface area contributed by atoms with Gasteiger partial charge in [0.1, 0.15) is 0 Å². The van der Waals surface area contributed by atoms with E-state index in [1.54, 1.807) is 10.8 Å². The van der Waals surface area contributed by atoms with Crippen LogP contribution in [0.15, 0.2) is 29.2 Å². The molecule has 1 aliphatic heterocycles. The van der Waals surface area contributed by atoms with Crippen molar-refractivity contribution in [1.82, 2.24) is 19.5 Å². The molecule has 1 aromatic carbocycles. The summed E-state index contributed by atoms with van der Waals surface area (Å²) in [5.74, 6) is 1.43. The Morgan fingerprint density at radius 1 is 1.23 bits per heavy atom. The molecule has 7 nitrogen and oxygen atoms in total. The number of ether oxygens (including phenoxy) is 2. The minimum atomic E-state index is -0.139. The van der Waals surface area contributed by atoms with Crippen LogP contribution in [0.25, 0.3) is 22.6 Å². The monoisotopic (exact) mass is 296 g/mol. The number of nitrogens with zero attached hydrogens (tertiary/aromatic N) is 3. The lowest BCUT2D eigenvalue weighted by Crippen LogP contribution is -2.15. The van der Waals surface area contributed by atoms with Gasteiger partial charge < -0.3 is 9.47 Å². The van der Waals surface area contributed by atoms with Crippen molar-refractivity contribution in [3.05, 3.63) is 34.9 Å². The van der Waals surface area contributed by atoms with Gasteiger partial charge in [-0.2, -0.15) is 0 Å². The molecule has 2 aliphatic rings. The molecule has 110 valence electrons. The molecule has 1 N–H and O–H groups in total. The largest absolute Gasteiger partial charge is 0.454 e. The number of nitrogens with one attached hydrogen (secondary N) is 1. The molecule has 0 atom stereocenters. The Bertz CT molecular complexity index is 955. The fourth-order valence-corrected chi connectivity index (χ4v) is 2.76. The molecule has 1 aliphatic carbocycles. The predicted octanol–water partition coefficient (Wildman–Crippen LogP) is 1.85. The van der Waals surface area contributed by atoms with Crippen molar-refractivity contribution in [3.63, 3.8) is 0 Å². The highest BCUT2D eigenvalue weighted by Gasteiger charge is 2.28. The Kier molecular flexibility index (Phi) is 2.19. The van der Waals surface area contributed by atoms with E-state index in [0.29, 0.717) is 22.7 Å². The molecular formula is C15H12N4O3. The molecular weight excluding hydrogens is 284 g/mol. The van der Waals surface area contributed by atoms with Gasteiger partial charge in [-0.25, -0.2) is 14.8 Å². The molecule has 22 heavy (non-hydrogen) atoms. The summed E-state index contributed by atoms with van der Waals surface area (Å²) in [4.78, 5) is 23.7. The smallest absolute Gasteiger partial charge is 0.329 e. The molecule has 1 saturated carbocycles. The molecule has 7 heteroatoms. The van der Waals surface area contributed by atoms with Crippen LogP contribution >= 0.6 is 0 Å². The quantitative estimate of drug-likeness (QED) is 0.780. The SMILES string of the molecule is O=c1[nH]c2ncc(-c3ccc4c(c3)OCO4)nc2n1C1CC1. The number of aromatic amines is 1. The van der Waals surface area contributed by atoms with Gasteiger partial charge in [0.25, 0.3) is 0 Å². The van der Waals surface area contributed by atoms with Gasteiger partial charge in [0, 0.05) is 11.6 Å². The van der Waals surface area contributed by atoms with Crippen LogP contribution in [0.2, 0.25) is 0 Å². The lowest BCUT2D eigenvalue weighted by atomic mass is 10.1. The summed E-state index contributed by atoms with van der Waals surface area (Å²) in [5.41, 5.74) is 2.60. The van der Waals surface area contributed by atoms with Crippen LogP contribution in [0.4, 0.5) is 0 Å². The zero-order chi connectivity index (χ0) is 14.7. The summed E-state index contributed by atoms with van der Waals surface area (Å²) in [7, 11) is 0. The molecule has 5 rings (SSSR count). The number of benzene rings is 1. The lowest BCUT2D eigenvalue weighted by molar-refractivity contribution is 0.174. The zero-order valence-corrected chi connectivity index (χ0v) is 11.6. The Morgan fingerprint density at radius 3 is 2.95 bits per heavy atom. The summed E-state index contributed by atoms with van der Waals surface area (Å²) in [6.07, 6.45) is 3.69. The van der Waals surface area contributed by atoms with Crippen molar-refractivity contribution in [2.45, 2.75) is 18.9 Å². The molecule has 2 aromatic heterocycles. The third-order valence-electron chi connectivity index (χ3n) is 4.01. The Hall–Kier alpha value is -2.83. The number of rotatable bonds is 2. The third kappa shape index (κ3) is 1.65. The van der Waals surface area contributed by atoms with Gasteiger partial charge in [-0.3, -0.25) is 9.55 Å². The van der Waals surface area contributed by atoms with Gasteiger partial charge in [0.15, 0.2) is 22.8 Å². The molecule has 3 heterocycles. The lowest BCUT2D eigenvalue weighted by Gasteiger charge is -2.04. The summed E-state index contributed by atoms with van der Waals surface area (Å²) >= 11 is 0. The summed E-state index contributed by atoms with van der Waals surface area (Å²) in [5, 5.41) is 0. The second-order valence-corrected chi connectivity index (χ2v) is 5.53. The van der Waals surface area contributed by atoms with Crippen molar-refractivity contribution in [2.75, 3.05) is 6.79 Å². The van der Waals surface area contributed by atoms with Gasteiger partial charge in [0.05, 0.1) is 11.9 Å². The maximum absolute atomic E-state index is 12.0. The summed E-state index contributed by atoms with van der Waals surface area (Å²) in [6, 6.07) is 5.90. The van der Waals surface area contributed by atoms with Crippen LogP contribution in [0.3, 0.4) is 0 Å². The van der Waals surface area contributed by atoms with Crippen molar-refractivity contribution in [2.24, 2.45) is 0 Å². The number of imidazole rings is 1. The summed E-state index contributed by atoms with van der Waals surface area (Å²) in [6.45, 7) is 0.239. The minimum absolute atomic E-state index is 0.139. The fraction of sp³-hybridized carbons (Fsp3) is 0.267. The van der Waals surface area contributed by atoms with Gasteiger partial charge in [-0.15, -0.1) is 0 Å². The van der Waals surface area contributed by atoms with E-state index in [1.165, 1.54) is 0 Å². The maximum atomic E-state index is 12.0. The van der Waals surface area contributed by atoms with Crippen LogP contribution < -0.4 is 15.2 Å². The molecule has 3 aromatic rings. The third-order valence-corrected chi connectivity index (χ3v) is 4.01. The van der Waals surface area contributed by atoms with Crippen LogP contribution in [0, 0.1) is 0 Å². The highest BCUT2D eigenvalue weighted by atomic mass is 16.7. The predicted molar refractivity (Wildman–Crippen MR) is 78.0 cm³/mol. The first-order chi connectivity index (χ1) is 10.8. The van der Waals surface area contributed by atoms with Crippen molar-refractivity contribution in [1.29, 1.82) is 0 Å². The molecule has 0 radical (unpaired) electrons. The normalized spacial score (nSPS) is 16.4. The van der Waals surface area contributed by atoms with Gasteiger partial charge in [0.2, 0.25) is 6.79 Å². The topological polar surface area (TPSA) is 82.0 Å². The Labute approximate surface area is 124 Å². The fourth-order valence-electron chi connectivity index (χ4n) is 2.76. The average molecular weight is 296 g/mol. The number of H-pyrrole nitrogens is 1. The highest BCUT2D eigenvalue weighted by molar-refractivity contribution is 5.72. The van der Waals surface area contributed by atoms with Crippen LogP contribution in [0.1, 0.15) is 18.9 Å². The Balaban J connectivity index is 1.68. The molecule has 0 bridgehead atoms. The maximum Gasteiger partial charge on any atom is 0.329 e. The van der Waals surface area contributed by atoms with Crippen LogP contribution in [-0.4, -0.2) is 26.3 Å². The van der Waals surface area contributed by atoms with Crippen molar-refractivity contribution < 1.29 is 9.47 Å². The van der Waals surface area contributed by atoms with E-state index in [0.717, 1.165) is 24.2 Å². The highest BCUT2D eigenvalue weighted by Crippen LogP contribution is 2.37. The van der Waals surface area contributed by atoms with E-state index in [-0.39, 0.29) is 18.5 Å². The van der Waals surface area contributed by atoms with E-state index in [4.69, 9.17) is 9.47 Å². The van der Waals surface area contributed by atoms with E-state index in [1.807, 2.05) is 18.2 Å². The first kappa shape index (κ1) is 11.8. The van der Waals surface area contributed by atoms with Crippen LogP contribution in [0.5, 0.6) is 11.5 Å². The average Bonchev–Trinajstić information content (AvgIpc) is 3.15. The molecule has 0 amide bonds. The van der Waals surface area contributed by atoms with E-state index in [9.17, 15) is 4.79 Å². The first-order valence-corrected chi connectivity index (χ1v) is 7.17. The second kappa shape index (κ2) is 4.09. The van der Waals surface area contributed by atoms with Gasteiger partial charge in [-0.05, 0) is 31.0 Å². The minimum Gasteiger partial charge on any atom is -0.454 e. The number of aromatic nitrogens is 4. The number of hydrogen-bond acceptors (Lipinski definition) is 5. The summed E-state index contributed by atoms with van der Waals surface area (Å²) < 4.78 is 12.4. The zero-order valence-electron chi connectivity index (χ0n) is 11.6. The van der Waals surface area contributed by atoms with E-state index >= 15 is 0 Å². The van der Waals surface area contributed by atoms with Crippen molar-refractivity contribution in [3.8, 4) is 22.8 Å². The van der Waals surface area contributed by atoms with Crippen molar-refractivity contribution >= 4 is 11.3 Å². The van der Waals surface area contributed by atoms with Crippen LogP contribution in [-0.2, 0) is 0 Å². The number of hydrogen-bond donors (Lipinski definition) is 1. The standard InChI is InChI=1S/C15H12N4O3/c20-15-18-13-14(19(15)9-2-3-9)17-10(6-16-13)8-1-4-11-12(5-8)22-7-21-11/h1,4-6,9H,2-3,7H2,(H,16,18,20). The van der Waals surface area contributed by atoms with Gasteiger partial charge in [-0.1, -0.05) is 0 Å². The van der Waals surface area contributed by atoms with E-state index < -0.39 is 0 Å². The van der Waals surface area contributed by atoms with E-state index in [2.05, 4.69) is 15.0 Å². The molecule has 0 spiro atoms. The Morgan fingerprint density at radius 2 is 2.09 bits per heavy atom. The molecule has 1 fully saturated rings. The molecule has 0 saturated heterocycles.